The summed E-state index contributed by atoms with van der Waals surface area (Å²) in [5, 5.41) is 12.6. The monoisotopic (exact) mass is 805 g/mol. The molecule has 4 fully saturated rings. The number of fused-ring (bicyclic) bond motifs is 6. The highest BCUT2D eigenvalue weighted by atomic mass is 16.5. The number of phenols is 1. The second kappa shape index (κ2) is 14.8. The van der Waals surface area contributed by atoms with Crippen LogP contribution in [0.15, 0.2) is 90.6 Å². The Morgan fingerprint density at radius 3 is 2.58 bits per heavy atom. The molecule has 6 heterocycles. The van der Waals surface area contributed by atoms with E-state index in [1.807, 2.05) is 24.3 Å². The summed E-state index contributed by atoms with van der Waals surface area (Å²) >= 11 is 0. The number of phenolic OH excluding ortho intramolecular Hbond substituents is 1. The number of hydrogen-bond donors (Lipinski definition) is 2. The number of nitrogens with zero attached hydrogens (tertiary/aromatic N) is 4. The molecule has 3 aromatic rings. The molecular weight excluding hydrogens is 755 g/mol. The first-order valence-corrected chi connectivity index (χ1v) is 21.8. The van der Waals surface area contributed by atoms with Crippen LogP contribution in [0.2, 0.25) is 0 Å². The van der Waals surface area contributed by atoms with Crippen LogP contribution < -0.4 is 19.9 Å². The molecule has 0 radical (unpaired) electrons. The van der Waals surface area contributed by atoms with Gasteiger partial charge in [0.25, 0.3) is 5.91 Å². The Bertz CT molecular complexity index is 2320. The summed E-state index contributed by atoms with van der Waals surface area (Å²) in [4.78, 5) is 46.9. The SMILES string of the molecule is O=C1CC[C@H](N2Cc3c(ccc4c3OC[C@H]3CN(C[C@@H]5COC6(CCN(c7ccc([C@H]8C([C-]9C=C[CH-]C=C9)=CCc9cc(O)ccc98)cc7)CC6)C5)CCN43)C2=O)C(=O)N1. The van der Waals surface area contributed by atoms with Gasteiger partial charge in [0.2, 0.25) is 11.8 Å². The van der Waals surface area contributed by atoms with E-state index in [0.717, 1.165) is 88.6 Å². The summed E-state index contributed by atoms with van der Waals surface area (Å²) in [7, 11) is 0. The molecule has 2 N–H and O–H groups in total. The maximum Gasteiger partial charge on any atom is 0.255 e. The summed E-state index contributed by atoms with van der Waals surface area (Å²) < 4.78 is 13.2. The number of amides is 3. The van der Waals surface area contributed by atoms with E-state index in [2.05, 4.69) is 87.1 Å². The van der Waals surface area contributed by atoms with Crippen LogP contribution in [0.3, 0.4) is 0 Å². The van der Waals surface area contributed by atoms with Crippen LogP contribution in [0.5, 0.6) is 11.5 Å². The summed E-state index contributed by atoms with van der Waals surface area (Å²) in [5.74, 6) is 2.07. The first kappa shape index (κ1) is 37.4. The van der Waals surface area contributed by atoms with Crippen molar-refractivity contribution in [1.82, 2.24) is 15.1 Å². The highest BCUT2D eigenvalue weighted by Crippen LogP contribution is 2.47. The largest absolute Gasteiger partial charge is 0.508 e. The fourth-order valence-corrected chi connectivity index (χ4v) is 11.4. The van der Waals surface area contributed by atoms with Crippen LogP contribution in [0.25, 0.3) is 0 Å². The van der Waals surface area contributed by atoms with Gasteiger partial charge in [0, 0.05) is 68.4 Å². The van der Waals surface area contributed by atoms with E-state index < -0.39 is 11.9 Å². The second-order valence-corrected chi connectivity index (χ2v) is 17.9. The number of rotatable bonds is 6. The molecule has 310 valence electrons. The highest BCUT2D eigenvalue weighted by Gasteiger charge is 2.45. The summed E-state index contributed by atoms with van der Waals surface area (Å²) in [6.45, 7) is 7.42. The van der Waals surface area contributed by atoms with Crippen LogP contribution in [0.1, 0.15) is 70.6 Å². The van der Waals surface area contributed by atoms with E-state index in [1.165, 1.54) is 33.9 Å². The fraction of sp³-hybridized carbons (Fsp3) is 0.408. The van der Waals surface area contributed by atoms with Crippen molar-refractivity contribution < 1.29 is 29.0 Å². The number of piperidine rings is 2. The summed E-state index contributed by atoms with van der Waals surface area (Å²) in [6, 6.07) is 18.5. The van der Waals surface area contributed by atoms with Crippen LogP contribution in [0, 0.1) is 18.3 Å². The Morgan fingerprint density at radius 2 is 1.77 bits per heavy atom. The number of benzene rings is 3. The Morgan fingerprint density at radius 1 is 0.933 bits per heavy atom. The third kappa shape index (κ3) is 6.53. The standard InChI is InChI=1S/C49H51N5O6/c55-37-11-13-39-34(24-37)8-12-38(32-4-2-1-3-5-32)45(39)33-6-9-35(10-7-33)52-20-18-49(19-21-52)25-31(29-60-49)26-51-22-23-53-36(27-51)30-59-46-41-28-54(43-16-17-44(56)50-47(43)57)48(58)40(41)14-15-42(46)53/h1-7,9-15,24,31,36,43,45,55H,8,16-23,25-30H2,(H,50,56,57)/q-2/t31-,36-,43+,45+/m1/s1. The average molecular weight is 806 g/mol. The number of hydrogen-bond acceptors (Lipinski definition) is 9. The van der Waals surface area contributed by atoms with Crippen LogP contribution >= 0.6 is 0 Å². The van der Waals surface area contributed by atoms with Gasteiger partial charge >= 0.3 is 0 Å². The lowest BCUT2D eigenvalue weighted by molar-refractivity contribution is -0.136. The predicted octanol–water partition coefficient (Wildman–Crippen LogP) is 5.63. The molecule has 2 aliphatic carbocycles. The van der Waals surface area contributed by atoms with Crippen molar-refractivity contribution in [2.24, 2.45) is 5.92 Å². The van der Waals surface area contributed by atoms with E-state index >= 15 is 0 Å². The zero-order valence-corrected chi connectivity index (χ0v) is 33.9. The minimum atomic E-state index is -0.640. The molecule has 6 aliphatic heterocycles. The smallest absolute Gasteiger partial charge is 0.255 e. The van der Waals surface area contributed by atoms with Gasteiger partial charge in [-0.15, -0.1) is 11.6 Å². The number of piperazine rings is 1. The molecular formula is C49H51N5O6-2. The lowest BCUT2D eigenvalue weighted by Crippen LogP contribution is -2.58. The molecule has 11 heteroatoms. The van der Waals surface area contributed by atoms with E-state index in [4.69, 9.17) is 9.47 Å². The molecule has 0 aromatic heterocycles. The van der Waals surface area contributed by atoms with Gasteiger partial charge in [0.15, 0.2) is 0 Å². The third-order valence-corrected chi connectivity index (χ3v) is 14.4. The number of allylic oxidation sites excluding steroid dienone is 6. The Kier molecular flexibility index (Phi) is 9.22. The van der Waals surface area contributed by atoms with Crippen molar-refractivity contribution in [1.29, 1.82) is 0 Å². The molecule has 8 aliphatic rings. The maximum atomic E-state index is 13.4. The van der Waals surface area contributed by atoms with Crippen molar-refractivity contribution in [3.63, 3.8) is 0 Å². The normalized spacial score (nSPS) is 26.9. The molecule has 11 nitrogen and oxygen atoms in total. The quantitative estimate of drug-likeness (QED) is 0.242. The van der Waals surface area contributed by atoms with Crippen molar-refractivity contribution in [3.8, 4) is 11.5 Å². The van der Waals surface area contributed by atoms with Crippen molar-refractivity contribution in [2.45, 2.75) is 68.7 Å². The molecule has 3 amide bonds. The van der Waals surface area contributed by atoms with Crippen molar-refractivity contribution in [2.75, 3.05) is 62.3 Å². The van der Waals surface area contributed by atoms with Crippen LogP contribution in [-0.4, -0.2) is 103 Å². The van der Waals surface area contributed by atoms with Gasteiger partial charge in [-0.1, -0.05) is 18.2 Å². The molecule has 3 aromatic carbocycles. The lowest BCUT2D eigenvalue weighted by Gasteiger charge is -2.46. The highest BCUT2D eigenvalue weighted by molar-refractivity contribution is 6.06. The molecule has 11 rings (SSSR count). The number of carbonyl (C=O) groups is 3. The van der Waals surface area contributed by atoms with Gasteiger partial charge in [-0.05, 0) is 91.1 Å². The van der Waals surface area contributed by atoms with Gasteiger partial charge < -0.3 is 29.3 Å². The van der Waals surface area contributed by atoms with Gasteiger partial charge in [-0.2, -0.15) is 0 Å². The van der Waals surface area contributed by atoms with Crippen LogP contribution in [-0.2, 0) is 27.3 Å². The average Bonchev–Trinajstić information content (AvgIpc) is 3.82. The lowest BCUT2D eigenvalue weighted by atomic mass is 9.72. The molecule has 0 unspecified atom stereocenters. The van der Waals surface area contributed by atoms with Gasteiger partial charge in [-0.3, -0.25) is 43.2 Å². The van der Waals surface area contributed by atoms with E-state index in [1.54, 1.807) is 4.90 Å². The van der Waals surface area contributed by atoms with Crippen molar-refractivity contribution in [3.05, 3.63) is 131 Å². The fourth-order valence-electron chi connectivity index (χ4n) is 11.4. The minimum Gasteiger partial charge on any atom is -0.508 e. The first-order valence-electron chi connectivity index (χ1n) is 21.8. The molecule has 0 saturated carbocycles. The molecule has 0 bridgehead atoms. The molecule has 60 heavy (non-hydrogen) atoms. The number of anilines is 2. The van der Waals surface area contributed by atoms with Crippen molar-refractivity contribution >= 4 is 29.1 Å². The number of nitrogens with one attached hydrogen (secondary N) is 1. The second-order valence-electron chi connectivity index (χ2n) is 17.9. The number of imide groups is 1. The Labute approximate surface area is 351 Å². The first-order chi connectivity index (χ1) is 29.3. The zero-order chi connectivity index (χ0) is 40.5. The molecule has 4 atom stereocenters. The van der Waals surface area contributed by atoms with Gasteiger partial charge in [0.05, 0.1) is 30.5 Å². The van der Waals surface area contributed by atoms with E-state index in [0.29, 0.717) is 36.8 Å². The number of ether oxygens (including phenoxy) is 2. The Balaban J connectivity index is 0.698. The topological polar surface area (TPSA) is 115 Å². The summed E-state index contributed by atoms with van der Waals surface area (Å²) in [5.41, 5.74) is 8.70. The summed E-state index contributed by atoms with van der Waals surface area (Å²) in [6.07, 6.45) is 17.5. The number of aromatic hydroxyl groups is 1. The van der Waals surface area contributed by atoms with E-state index in [-0.39, 0.29) is 35.8 Å². The zero-order valence-electron chi connectivity index (χ0n) is 33.9. The molecule has 1 spiro atoms. The number of carbonyl (C=O) groups excluding carboxylic acids is 3. The van der Waals surface area contributed by atoms with Gasteiger partial charge in [0.1, 0.15) is 24.1 Å². The third-order valence-electron chi connectivity index (χ3n) is 14.4. The molecule has 4 saturated heterocycles. The predicted molar refractivity (Wildman–Crippen MR) is 228 cm³/mol. The van der Waals surface area contributed by atoms with Crippen LogP contribution in [0.4, 0.5) is 11.4 Å². The van der Waals surface area contributed by atoms with Gasteiger partial charge in [-0.25, -0.2) is 18.1 Å². The van der Waals surface area contributed by atoms with E-state index in [9.17, 15) is 19.5 Å². The Hall–Kier alpha value is -5.65. The minimum absolute atomic E-state index is 0.0535. The maximum absolute atomic E-state index is 13.4.